The van der Waals surface area contributed by atoms with Crippen molar-refractivity contribution in [2.24, 2.45) is 0 Å². The molecule has 0 aliphatic carbocycles. The molecule has 1 N–H and O–H groups in total. The second kappa shape index (κ2) is 5.75. The molecule has 0 radical (unpaired) electrons. The summed E-state index contributed by atoms with van der Waals surface area (Å²) in [6.07, 6.45) is 1.97. The molecular formula is C12H16ClFN2O2S. The number of nitrogens with one attached hydrogen (secondary N) is 1. The van der Waals surface area contributed by atoms with E-state index in [1.807, 2.05) is 0 Å². The number of likely N-dealkylation sites (N-methyl/N-ethyl adjacent to an activating group) is 1. The van der Waals surface area contributed by atoms with Crippen molar-refractivity contribution in [3.63, 3.8) is 0 Å². The lowest BCUT2D eigenvalue weighted by Crippen LogP contribution is -2.38. The molecule has 2 rings (SSSR count). The highest BCUT2D eigenvalue weighted by molar-refractivity contribution is 7.89. The monoisotopic (exact) mass is 306 g/mol. The lowest BCUT2D eigenvalue weighted by molar-refractivity contribution is 0.414. The van der Waals surface area contributed by atoms with Crippen molar-refractivity contribution >= 4 is 21.6 Å². The minimum atomic E-state index is -3.81. The number of nitrogens with zero attached hydrogens (tertiary/aromatic N) is 1. The van der Waals surface area contributed by atoms with Crippen LogP contribution in [0.5, 0.6) is 0 Å². The van der Waals surface area contributed by atoms with Gasteiger partial charge < -0.3 is 5.32 Å². The number of rotatable bonds is 4. The maximum Gasteiger partial charge on any atom is 0.245 e. The lowest BCUT2D eigenvalue weighted by atomic mass is 10.2. The molecule has 4 nitrogen and oxygen atoms in total. The molecule has 0 spiro atoms. The van der Waals surface area contributed by atoms with Gasteiger partial charge in [-0.1, -0.05) is 11.6 Å². The Morgan fingerprint density at radius 3 is 2.84 bits per heavy atom. The van der Waals surface area contributed by atoms with Crippen LogP contribution in [-0.2, 0) is 10.0 Å². The average Bonchev–Trinajstić information content (AvgIpc) is 2.81. The zero-order valence-corrected chi connectivity index (χ0v) is 12.1. The van der Waals surface area contributed by atoms with E-state index in [-0.39, 0.29) is 16.0 Å². The van der Waals surface area contributed by atoms with Crippen LogP contribution in [0, 0.1) is 5.82 Å². The second-order valence-electron chi connectivity index (χ2n) is 4.65. The van der Waals surface area contributed by atoms with Gasteiger partial charge in [0.15, 0.2) is 0 Å². The van der Waals surface area contributed by atoms with Gasteiger partial charge in [-0.3, -0.25) is 0 Å². The van der Waals surface area contributed by atoms with Gasteiger partial charge in [0.25, 0.3) is 0 Å². The molecule has 1 aliphatic rings. The van der Waals surface area contributed by atoms with E-state index in [0.29, 0.717) is 6.54 Å². The van der Waals surface area contributed by atoms with E-state index >= 15 is 0 Å². The van der Waals surface area contributed by atoms with Gasteiger partial charge in [-0.15, -0.1) is 0 Å². The van der Waals surface area contributed by atoms with Gasteiger partial charge in [0.2, 0.25) is 10.0 Å². The first-order valence-corrected chi connectivity index (χ1v) is 7.88. The lowest BCUT2D eigenvalue weighted by Gasteiger charge is -2.21. The van der Waals surface area contributed by atoms with Gasteiger partial charge in [-0.2, -0.15) is 4.31 Å². The summed E-state index contributed by atoms with van der Waals surface area (Å²) in [6.45, 7) is 1.23. The molecule has 1 atom stereocenters. The van der Waals surface area contributed by atoms with Crippen molar-refractivity contribution in [2.45, 2.75) is 23.8 Å². The SMILES string of the molecule is CN(CC1CCCN1)S(=O)(=O)c1ccc(Cl)cc1F. The van der Waals surface area contributed by atoms with E-state index in [2.05, 4.69) is 5.32 Å². The Hall–Kier alpha value is -0.690. The summed E-state index contributed by atoms with van der Waals surface area (Å²) in [7, 11) is -2.35. The van der Waals surface area contributed by atoms with Crippen LogP contribution in [0.4, 0.5) is 4.39 Å². The van der Waals surface area contributed by atoms with Crippen LogP contribution >= 0.6 is 11.6 Å². The normalized spacial score (nSPS) is 20.1. The molecule has 106 valence electrons. The van der Waals surface area contributed by atoms with Crippen LogP contribution in [0.15, 0.2) is 23.1 Å². The van der Waals surface area contributed by atoms with Crippen molar-refractivity contribution in [3.8, 4) is 0 Å². The van der Waals surface area contributed by atoms with Gasteiger partial charge in [-0.05, 0) is 37.6 Å². The van der Waals surface area contributed by atoms with Crippen LogP contribution in [0.1, 0.15) is 12.8 Å². The standard InChI is InChI=1S/C12H16ClFN2O2S/c1-16(8-10-3-2-6-15-10)19(17,18)12-5-4-9(13)7-11(12)14/h4-5,7,10,15H,2-3,6,8H2,1H3. The second-order valence-corrected chi connectivity index (χ2v) is 7.10. The van der Waals surface area contributed by atoms with E-state index in [1.54, 1.807) is 0 Å². The number of benzene rings is 1. The number of halogens is 2. The quantitative estimate of drug-likeness (QED) is 0.923. The highest BCUT2D eigenvalue weighted by Gasteiger charge is 2.27. The third-order valence-corrected chi connectivity index (χ3v) is 5.31. The van der Waals surface area contributed by atoms with Gasteiger partial charge >= 0.3 is 0 Å². The van der Waals surface area contributed by atoms with E-state index in [4.69, 9.17) is 11.6 Å². The summed E-state index contributed by atoms with van der Waals surface area (Å²) in [6, 6.07) is 3.72. The molecular weight excluding hydrogens is 291 g/mol. The Morgan fingerprint density at radius 1 is 1.53 bits per heavy atom. The average molecular weight is 307 g/mol. The molecule has 1 aromatic rings. The Balaban J connectivity index is 2.20. The maximum absolute atomic E-state index is 13.7. The Morgan fingerprint density at radius 2 is 2.26 bits per heavy atom. The van der Waals surface area contributed by atoms with Gasteiger partial charge in [-0.25, -0.2) is 12.8 Å². The van der Waals surface area contributed by atoms with Gasteiger partial charge in [0.1, 0.15) is 10.7 Å². The summed E-state index contributed by atoms with van der Waals surface area (Å²) < 4.78 is 39.4. The van der Waals surface area contributed by atoms with Crippen molar-refractivity contribution in [2.75, 3.05) is 20.1 Å². The summed E-state index contributed by atoms with van der Waals surface area (Å²) in [5.74, 6) is -0.821. The molecule has 1 aromatic carbocycles. The van der Waals surface area contributed by atoms with E-state index < -0.39 is 15.8 Å². The van der Waals surface area contributed by atoms with Crippen molar-refractivity contribution in [1.29, 1.82) is 0 Å². The minimum Gasteiger partial charge on any atom is -0.313 e. The smallest absolute Gasteiger partial charge is 0.245 e. The Bertz CT molecular complexity index is 559. The van der Waals surface area contributed by atoms with E-state index in [0.717, 1.165) is 25.5 Å². The third-order valence-electron chi connectivity index (χ3n) is 3.22. The van der Waals surface area contributed by atoms with Gasteiger partial charge in [0.05, 0.1) is 0 Å². The van der Waals surface area contributed by atoms with Crippen molar-refractivity contribution in [3.05, 3.63) is 29.0 Å². The molecule has 1 heterocycles. The van der Waals surface area contributed by atoms with Crippen LogP contribution < -0.4 is 5.32 Å². The molecule has 1 unspecified atom stereocenters. The largest absolute Gasteiger partial charge is 0.313 e. The maximum atomic E-state index is 13.7. The number of hydrogen-bond donors (Lipinski definition) is 1. The topological polar surface area (TPSA) is 49.4 Å². The molecule has 0 bridgehead atoms. The molecule has 0 saturated carbocycles. The zero-order valence-electron chi connectivity index (χ0n) is 10.6. The van der Waals surface area contributed by atoms with Crippen LogP contribution in [0.25, 0.3) is 0 Å². The van der Waals surface area contributed by atoms with Crippen LogP contribution in [0.2, 0.25) is 5.02 Å². The highest BCUT2D eigenvalue weighted by Crippen LogP contribution is 2.22. The predicted octanol–water partition coefficient (Wildman–Crippen LogP) is 1.85. The van der Waals surface area contributed by atoms with Crippen LogP contribution in [0.3, 0.4) is 0 Å². The zero-order chi connectivity index (χ0) is 14.0. The Labute approximate surface area is 117 Å². The molecule has 19 heavy (non-hydrogen) atoms. The minimum absolute atomic E-state index is 0.134. The fraction of sp³-hybridized carbons (Fsp3) is 0.500. The molecule has 7 heteroatoms. The summed E-state index contributed by atoms with van der Waals surface area (Å²) in [5, 5.41) is 3.39. The fourth-order valence-electron chi connectivity index (χ4n) is 2.17. The first kappa shape index (κ1) is 14.7. The summed E-state index contributed by atoms with van der Waals surface area (Å²) >= 11 is 5.63. The molecule has 0 aromatic heterocycles. The van der Waals surface area contributed by atoms with Gasteiger partial charge in [0, 0.05) is 24.7 Å². The summed E-state index contributed by atoms with van der Waals surface area (Å²) in [4.78, 5) is -0.336. The Kier molecular flexibility index (Phi) is 4.45. The molecule has 0 amide bonds. The van der Waals surface area contributed by atoms with Crippen molar-refractivity contribution < 1.29 is 12.8 Å². The van der Waals surface area contributed by atoms with E-state index in [9.17, 15) is 12.8 Å². The summed E-state index contributed by atoms with van der Waals surface area (Å²) in [5.41, 5.74) is 0. The number of hydrogen-bond acceptors (Lipinski definition) is 3. The fourth-order valence-corrected chi connectivity index (χ4v) is 3.59. The third kappa shape index (κ3) is 3.25. The van der Waals surface area contributed by atoms with Crippen LogP contribution in [-0.4, -0.2) is 38.9 Å². The molecule has 1 fully saturated rings. The number of sulfonamides is 1. The predicted molar refractivity (Wildman–Crippen MR) is 72.3 cm³/mol. The highest BCUT2D eigenvalue weighted by atomic mass is 35.5. The first-order valence-electron chi connectivity index (χ1n) is 6.06. The molecule has 1 saturated heterocycles. The van der Waals surface area contributed by atoms with Crippen molar-refractivity contribution in [1.82, 2.24) is 9.62 Å². The molecule has 1 aliphatic heterocycles. The first-order chi connectivity index (χ1) is 8.91. The van der Waals surface area contributed by atoms with E-state index in [1.165, 1.54) is 23.5 Å².